The number of benzene rings is 2. The standard InChI is InChI=1S/C31H29N3O4/c1-38-25-14-11-21(12-15-25)24-17-18-34(20-24)31(37)23-13-16-26-28(19-23)32-27(9-5-6-10-29(35)36)30(33-26)22-7-3-2-4-8-22/h2-4,7-8,11,13-14,16,19,24H,5-6,9-10,17-18,20H2,1H3,(H,35,36). The number of hydrogen-bond acceptors (Lipinski definition) is 5. The van der Waals surface area contributed by atoms with Gasteiger partial charge in [0.1, 0.15) is 0 Å². The third kappa shape index (κ3) is 5.60. The number of ether oxygens (including phenoxy) is 1. The second-order valence-electron chi connectivity index (χ2n) is 9.53. The van der Waals surface area contributed by atoms with E-state index in [1.54, 1.807) is 7.11 Å². The summed E-state index contributed by atoms with van der Waals surface area (Å²) in [5.41, 5.74) is 5.57. The molecule has 0 saturated carbocycles. The molecule has 1 amide bonds. The van der Waals surface area contributed by atoms with Gasteiger partial charge >= 0.3 is 5.97 Å². The first-order chi connectivity index (χ1) is 18.5. The number of amides is 1. The Morgan fingerprint density at radius 3 is 2.61 bits per heavy atom. The van der Waals surface area contributed by atoms with E-state index in [0.29, 0.717) is 49.2 Å². The van der Waals surface area contributed by atoms with Crippen molar-refractivity contribution in [2.45, 2.75) is 38.0 Å². The van der Waals surface area contributed by atoms with Crippen molar-refractivity contribution < 1.29 is 19.4 Å². The highest BCUT2D eigenvalue weighted by Gasteiger charge is 2.28. The molecule has 4 aromatic rings. The molecule has 2 heterocycles. The lowest BCUT2D eigenvalue weighted by molar-refractivity contribution is -0.137. The first-order valence-corrected chi connectivity index (χ1v) is 12.9. The molecule has 1 aliphatic rings. The van der Waals surface area contributed by atoms with Crippen LogP contribution in [0, 0.1) is 12.1 Å². The van der Waals surface area contributed by atoms with Crippen molar-refractivity contribution in [3.8, 4) is 17.0 Å². The Bertz CT molecular complexity index is 1440. The zero-order valence-electron chi connectivity index (χ0n) is 21.3. The summed E-state index contributed by atoms with van der Waals surface area (Å²) in [6.45, 7) is 1.30. The smallest absolute Gasteiger partial charge is 0.303 e. The Balaban J connectivity index is 1.38. The van der Waals surface area contributed by atoms with Crippen LogP contribution in [0.3, 0.4) is 0 Å². The van der Waals surface area contributed by atoms with Crippen LogP contribution in [0.1, 0.15) is 53.2 Å². The quantitative estimate of drug-likeness (QED) is 0.308. The predicted octanol–water partition coefficient (Wildman–Crippen LogP) is 5.33. The van der Waals surface area contributed by atoms with E-state index in [9.17, 15) is 9.59 Å². The second kappa shape index (κ2) is 11.3. The number of carbonyl (C=O) groups excluding carboxylic acids is 1. The molecule has 5 rings (SSSR count). The molecule has 7 heteroatoms. The molecule has 0 radical (unpaired) electrons. The highest BCUT2D eigenvalue weighted by Crippen LogP contribution is 2.29. The second-order valence-corrected chi connectivity index (χ2v) is 9.53. The maximum absolute atomic E-state index is 13.4. The minimum absolute atomic E-state index is 0.0242. The lowest BCUT2D eigenvalue weighted by Crippen LogP contribution is -2.28. The maximum atomic E-state index is 13.4. The summed E-state index contributed by atoms with van der Waals surface area (Å²) in [6, 6.07) is 25.4. The number of methoxy groups -OCH3 is 1. The average molecular weight is 508 g/mol. The van der Waals surface area contributed by atoms with Gasteiger partial charge in [0.2, 0.25) is 0 Å². The lowest BCUT2D eigenvalue weighted by Gasteiger charge is -2.17. The molecule has 0 aliphatic carbocycles. The number of aromatic nitrogens is 2. The summed E-state index contributed by atoms with van der Waals surface area (Å²) in [4.78, 5) is 36.0. The molecule has 1 fully saturated rings. The average Bonchev–Trinajstić information content (AvgIpc) is 3.45. The molecule has 1 N–H and O–H groups in total. The zero-order chi connectivity index (χ0) is 26.5. The summed E-state index contributed by atoms with van der Waals surface area (Å²) in [6.07, 6.45) is 2.88. The largest absolute Gasteiger partial charge is 0.489 e. The summed E-state index contributed by atoms with van der Waals surface area (Å²) >= 11 is 0. The van der Waals surface area contributed by atoms with Crippen molar-refractivity contribution in [3.63, 3.8) is 0 Å². The number of carbonyl (C=O) groups is 2. The topological polar surface area (TPSA) is 92.6 Å². The number of fused-ring (bicyclic) bond motifs is 1. The molecule has 7 nitrogen and oxygen atoms in total. The lowest BCUT2D eigenvalue weighted by atomic mass is 10.00. The van der Waals surface area contributed by atoms with Gasteiger partial charge in [0.25, 0.3) is 5.91 Å². The molecule has 1 aromatic heterocycles. The molecule has 38 heavy (non-hydrogen) atoms. The van der Waals surface area contributed by atoms with E-state index in [1.165, 1.54) is 0 Å². The number of aryl methyl sites for hydroxylation is 1. The maximum Gasteiger partial charge on any atom is 0.303 e. The first kappa shape index (κ1) is 25.2. The van der Waals surface area contributed by atoms with Crippen LogP contribution < -0.4 is 4.74 Å². The highest BCUT2D eigenvalue weighted by atomic mass is 16.5. The van der Waals surface area contributed by atoms with Crippen LogP contribution in [0.2, 0.25) is 0 Å². The molecule has 3 aromatic carbocycles. The van der Waals surface area contributed by atoms with E-state index in [1.807, 2.05) is 65.6 Å². The molecule has 192 valence electrons. The predicted molar refractivity (Wildman–Crippen MR) is 144 cm³/mol. The number of hydrogen-bond donors (Lipinski definition) is 1. The van der Waals surface area contributed by atoms with Gasteiger partial charge in [-0.1, -0.05) is 36.4 Å². The SMILES string of the molecule is COc1c#cc(C2CCN(C(=O)c3ccc4nc(-c5ccccc5)c(CCCCC(=O)O)nc4c3)C2)cc1. The number of unbranched alkanes of at least 4 members (excludes halogenated alkanes) is 1. The number of carboxylic acids is 1. The third-order valence-electron chi connectivity index (χ3n) is 6.96. The Morgan fingerprint density at radius 1 is 1.03 bits per heavy atom. The van der Waals surface area contributed by atoms with E-state index in [4.69, 9.17) is 19.8 Å². The Morgan fingerprint density at radius 2 is 1.87 bits per heavy atom. The van der Waals surface area contributed by atoms with Crippen LogP contribution in [0.5, 0.6) is 5.75 Å². The van der Waals surface area contributed by atoms with Crippen LogP contribution in [-0.2, 0) is 11.2 Å². The van der Waals surface area contributed by atoms with Crippen LogP contribution in [0.15, 0.2) is 60.7 Å². The molecule has 1 unspecified atom stereocenters. The van der Waals surface area contributed by atoms with Gasteiger partial charge in [-0.3, -0.25) is 9.59 Å². The van der Waals surface area contributed by atoms with Crippen LogP contribution >= 0.6 is 0 Å². The van der Waals surface area contributed by atoms with Crippen molar-refractivity contribution in [1.82, 2.24) is 14.9 Å². The van der Waals surface area contributed by atoms with Gasteiger partial charge in [0.05, 0.1) is 29.5 Å². The number of carboxylic acid groups (broad SMARTS) is 1. The number of aliphatic carboxylic acids is 1. The molecule has 1 atom stereocenters. The Kier molecular flexibility index (Phi) is 7.50. The van der Waals surface area contributed by atoms with Crippen molar-refractivity contribution in [1.29, 1.82) is 0 Å². The molecule has 0 bridgehead atoms. The van der Waals surface area contributed by atoms with Crippen molar-refractivity contribution in [3.05, 3.63) is 89.6 Å². The van der Waals surface area contributed by atoms with Gasteiger partial charge in [0, 0.05) is 42.1 Å². The van der Waals surface area contributed by atoms with E-state index >= 15 is 0 Å². The van der Waals surface area contributed by atoms with E-state index in [2.05, 4.69) is 12.1 Å². The first-order valence-electron chi connectivity index (χ1n) is 12.9. The highest BCUT2D eigenvalue weighted by molar-refractivity contribution is 5.97. The van der Waals surface area contributed by atoms with Crippen molar-refractivity contribution in [2.24, 2.45) is 0 Å². The Hall–Kier alpha value is -4.44. The minimum atomic E-state index is -0.798. The number of rotatable bonds is 9. The van der Waals surface area contributed by atoms with Gasteiger partial charge in [-0.05, 0) is 62.1 Å². The third-order valence-corrected chi connectivity index (χ3v) is 6.96. The number of nitrogens with zero attached hydrogens (tertiary/aromatic N) is 3. The fourth-order valence-electron chi connectivity index (χ4n) is 4.91. The van der Waals surface area contributed by atoms with Gasteiger partial charge < -0.3 is 14.7 Å². The van der Waals surface area contributed by atoms with E-state index in [-0.39, 0.29) is 18.2 Å². The van der Waals surface area contributed by atoms with Crippen LogP contribution in [0.25, 0.3) is 22.3 Å². The minimum Gasteiger partial charge on any atom is -0.489 e. The fourth-order valence-corrected chi connectivity index (χ4v) is 4.91. The number of likely N-dealkylation sites (tertiary alicyclic amines) is 1. The fraction of sp³-hybridized carbons (Fsp3) is 0.290. The summed E-state index contributed by atoms with van der Waals surface area (Å²) in [5, 5.41) is 8.99. The van der Waals surface area contributed by atoms with Gasteiger partial charge in [0.15, 0.2) is 5.75 Å². The zero-order valence-corrected chi connectivity index (χ0v) is 21.3. The molecular weight excluding hydrogens is 478 g/mol. The summed E-state index contributed by atoms with van der Waals surface area (Å²) < 4.78 is 5.18. The van der Waals surface area contributed by atoms with Gasteiger partial charge in [-0.25, -0.2) is 9.97 Å². The van der Waals surface area contributed by atoms with E-state index < -0.39 is 5.97 Å². The van der Waals surface area contributed by atoms with Crippen LogP contribution in [0.4, 0.5) is 0 Å². The Labute approximate surface area is 222 Å². The summed E-state index contributed by atoms with van der Waals surface area (Å²) in [5.74, 6) is 0.0397. The van der Waals surface area contributed by atoms with Gasteiger partial charge in [-0.2, -0.15) is 0 Å². The van der Waals surface area contributed by atoms with E-state index in [0.717, 1.165) is 34.5 Å². The molecular formula is C31H29N3O4. The molecule has 1 aliphatic heterocycles. The van der Waals surface area contributed by atoms with Crippen molar-refractivity contribution in [2.75, 3.05) is 20.2 Å². The van der Waals surface area contributed by atoms with Crippen LogP contribution in [-0.4, -0.2) is 52.1 Å². The summed E-state index contributed by atoms with van der Waals surface area (Å²) in [7, 11) is 1.61. The molecule has 1 saturated heterocycles. The van der Waals surface area contributed by atoms with Crippen molar-refractivity contribution >= 4 is 22.9 Å². The molecule has 0 spiro atoms. The normalized spacial score (nSPS) is 14.9. The van der Waals surface area contributed by atoms with Gasteiger partial charge in [-0.15, -0.1) is 0 Å². The monoisotopic (exact) mass is 507 g/mol.